The van der Waals surface area contributed by atoms with Gasteiger partial charge in [-0.25, -0.2) is 0 Å². The number of ether oxygens (including phenoxy) is 2. The van der Waals surface area contributed by atoms with E-state index in [2.05, 4.69) is 16.4 Å². The van der Waals surface area contributed by atoms with Gasteiger partial charge in [-0.05, 0) is 54.7 Å². The minimum Gasteiger partial charge on any atom is -0.493 e. The molecule has 0 bridgehead atoms. The molecular weight excluding hydrogens is 457 g/mol. The normalized spacial score (nSPS) is 12.2. The zero-order valence-electron chi connectivity index (χ0n) is 20.2. The van der Waals surface area contributed by atoms with Crippen molar-refractivity contribution in [3.63, 3.8) is 0 Å². The van der Waals surface area contributed by atoms with Crippen LogP contribution < -0.4 is 14.8 Å². The molecule has 0 fully saturated rings. The second kappa shape index (κ2) is 13.9. The van der Waals surface area contributed by atoms with Crippen LogP contribution in [0.2, 0.25) is 0 Å². The lowest BCUT2D eigenvalue weighted by molar-refractivity contribution is -0.122. The van der Waals surface area contributed by atoms with Gasteiger partial charge in [0.1, 0.15) is 0 Å². The van der Waals surface area contributed by atoms with Crippen molar-refractivity contribution < 1.29 is 24.3 Å². The third kappa shape index (κ3) is 8.12. The standard InChI is InChI=1S/C27H30BN3O5/c1-35-24-13-11-21(10-12-22(19-29)23-9-5-6-15-30-23)17-25(24)36-16-14-27(32)31-26(28(33)34)18-20-7-3-2-4-8-20/h2-9,11,13,15,17,22,26,33-34H,10,12,14,16,18H2,1H3,(H,31,32)/t22?,26-/m0/s1. The smallest absolute Gasteiger partial charge is 0.475 e. The van der Waals surface area contributed by atoms with Crippen LogP contribution in [0, 0.1) is 11.3 Å². The third-order valence-corrected chi connectivity index (χ3v) is 5.74. The van der Waals surface area contributed by atoms with Gasteiger partial charge in [0.05, 0.1) is 43.8 Å². The number of benzene rings is 2. The van der Waals surface area contributed by atoms with Crippen molar-refractivity contribution in [2.45, 2.75) is 37.5 Å². The number of aryl methyl sites for hydroxylation is 1. The van der Waals surface area contributed by atoms with Gasteiger partial charge in [-0.3, -0.25) is 9.78 Å². The number of hydrogen-bond donors (Lipinski definition) is 3. The number of carbonyl (C=O) groups is 1. The molecular formula is C27H30BN3O5. The van der Waals surface area contributed by atoms with Crippen LogP contribution in [0.1, 0.15) is 35.6 Å². The first-order chi connectivity index (χ1) is 17.5. The fourth-order valence-corrected chi connectivity index (χ4v) is 3.79. The predicted octanol–water partition coefficient (Wildman–Crippen LogP) is 2.84. The highest BCUT2D eigenvalue weighted by Crippen LogP contribution is 2.30. The Labute approximate surface area is 211 Å². The monoisotopic (exact) mass is 487 g/mol. The van der Waals surface area contributed by atoms with E-state index in [4.69, 9.17) is 9.47 Å². The molecule has 3 N–H and O–H groups in total. The lowest BCUT2D eigenvalue weighted by atomic mass is 9.76. The van der Waals surface area contributed by atoms with Gasteiger partial charge in [0.25, 0.3) is 0 Å². The lowest BCUT2D eigenvalue weighted by Crippen LogP contribution is -2.48. The van der Waals surface area contributed by atoms with E-state index >= 15 is 0 Å². The summed E-state index contributed by atoms with van der Waals surface area (Å²) in [5, 5.41) is 31.5. The summed E-state index contributed by atoms with van der Waals surface area (Å²) >= 11 is 0. The molecule has 0 saturated carbocycles. The molecule has 9 heteroatoms. The van der Waals surface area contributed by atoms with E-state index < -0.39 is 13.1 Å². The van der Waals surface area contributed by atoms with Crippen molar-refractivity contribution >= 4 is 13.0 Å². The average molecular weight is 487 g/mol. The van der Waals surface area contributed by atoms with Crippen molar-refractivity contribution in [1.29, 1.82) is 5.26 Å². The second-order valence-corrected chi connectivity index (χ2v) is 8.34. The summed E-state index contributed by atoms with van der Waals surface area (Å²) in [4.78, 5) is 16.7. The van der Waals surface area contributed by atoms with E-state index in [0.29, 0.717) is 30.8 Å². The zero-order valence-corrected chi connectivity index (χ0v) is 20.2. The molecule has 0 saturated heterocycles. The average Bonchev–Trinajstić information content (AvgIpc) is 2.90. The molecule has 3 rings (SSSR count). The van der Waals surface area contributed by atoms with Gasteiger partial charge in [0, 0.05) is 6.20 Å². The van der Waals surface area contributed by atoms with Crippen LogP contribution in [0.15, 0.2) is 72.9 Å². The molecule has 0 spiro atoms. The summed E-state index contributed by atoms with van der Waals surface area (Å²) in [6, 6.07) is 22.7. The van der Waals surface area contributed by atoms with E-state index in [0.717, 1.165) is 16.8 Å². The van der Waals surface area contributed by atoms with Gasteiger partial charge in [-0.2, -0.15) is 5.26 Å². The first-order valence-electron chi connectivity index (χ1n) is 11.8. The predicted molar refractivity (Wildman–Crippen MR) is 136 cm³/mol. The highest BCUT2D eigenvalue weighted by molar-refractivity contribution is 6.43. The summed E-state index contributed by atoms with van der Waals surface area (Å²) in [6.07, 6.45) is 3.25. The summed E-state index contributed by atoms with van der Waals surface area (Å²) in [5.74, 6) is -0.464. The van der Waals surface area contributed by atoms with Crippen LogP contribution in [0.4, 0.5) is 0 Å². The van der Waals surface area contributed by atoms with Gasteiger partial charge in [-0.15, -0.1) is 0 Å². The maximum atomic E-state index is 12.4. The molecule has 2 atom stereocenters. The molecule has 36 heavy (non-hydrogen) atoms. The lowest BCUT2D eigenvalue weighted by Gasteiger charge is -2.18. The van der Waals surface area contributed by atoms with Crippen LogP contribution in [0.3, 0.4) is 0 Å². The SMILES string of the molecule is COc1ccc(CCC(C#N)c2ccccn2)cc1OCCC(=O)N[C@@H](Cc1ccccc1)B(O)O. The number of methoxy groups -OCH3 is 1. The molecule has 2 aromatic carbocycles. The summed E-state index contributed by atoms with van der Waals surface area (Å²) in [6.45, 7) is 0.0833. The number of aromatic nitrogens is 1. The fraction of sp³-hybridized carbons (Fsp3) is 0.296. The van der Waals surface area contributed by atoms with E-state index in [1.54, 1.807) is 12.3 Å². The van der Waals surface area contributed by atoms with Crippen molar-refractivity contribution in [3.8, 4) is 17.6 Å². The molecule has 1 heterocycles. The molecule has 3 aromatic rings. The topological polar surface area (TPSA) is 125 Å². The largest absolute Gasteiger partial charge is 0.493 e. The number of pyridine rings is 1. The van der Waals surface area contributed by atoms with Crippen molar-refractivity contribution in [3.05, 3.63) is 89.7 Å². The van der Waals surface area contributed by atoms with Crippen LogP contribution in [-0.2, 0) is 17.6 Å². The highest BCUT2D eigenvalue weighted by Gasteiger charge is 2.25. The molecule has 8 nitrogen and oxygen atoms in total. The Morgan fingerprint density at radius 1 is 1.08 bits per heavy atom. The van der Waals surface area contributed by atoms with Gasteiger partial charge in [0.15, 0.2) is 11.5 Å². The van der Waals surface area contributed by atoms with E-state index in [-0.39, 0.29) is 24.9 Å². The summed E-state index contributed by atoms with van der Waals surface area (Å²) in [7, 11) is -0.145. The van der Waals surface area contributed by atoms with Crippen LogP contribution in [-0.4, -0.2) is 47.7 Å². The first-order valence-corrected chi connectivity index (χ1v) is 11.8. The summed E-state index contributed by atoms with van der Waals surface area (Å²) < 4.78 is 11.2. The Morgan fingerprint density at radius 3 is 2.53 bits per heavy atom. The third-order valence-electron chi connectivity index (χ3n) is 5.74. The number of nitrogens with zero attached hydrogens (tertiary/aromatic N) is 2. The number of nitrogens with one attached hydrogen (secondary N) is 1. The fourth-order valence-electron chi connectivity index (χ4n) is 3.79. The van der Waals surface area contributed by atoms with E-state index in [9.17, 15) is 20.1 Å². The second-order valence-electron chi connectivity index (χ2n) is 8.34. The number of amides is 1. The minimum absolute atomic E-state index is 0.0293. The molecule has 1 amide bonds. The first kappa shape index (κ1) is 26.7. The number of carbonyl (C=O) groups excluding carboxylic acids is 1. The van der Waals surface area contributed by atoms with Crippen molar-refractivity contribution in [1.82, 2.24) is 10.3 Å². The van der Waals surface area contributed by atoms with Crippen LogP contribution in [0.25, 0.3) is 0 Å². The van der Waals surface area contributed by atoms with Gasteiger partial charge in [-0.1, -0.05) is 42.5 Å². The minimum atomic E-state index is -1.69. The summed E-state index contributed by atoms with van der Waals surface area (Å²) in [5.41, 5.74) is 2.60. The molecule has 1 aromatic heterocycles. The Kier molecular flexibility index (Phi) is 10.3. The molecule has 0 aliphatic heterocycles. The molecule has 0 aliphatic rings. The van der Waals surface area contributed by atoms with E-state index in [1.165, 1.54) is 7.11 Å². The maximum Gasteiger partial charge on any atom is 0.475 e. The quantitative estimate of drug-likeness (QED) is 0.317. The number of hydrogen-bond acceptors (Lipinski definition) is 7. The maximum absolute atomic E-state index is 12.4. The molecule has 0 radical (unpaired) electrons. The van der Waals surface area contributed by atoms with Crippen molar-refractivity contribution in [2.24, 2.45) is 0 Å². The Hall–Kier alpha value is -3.87. The molecule has 186 valence electrons. The molecule has 1 unspecified atom stereocenters. The number of nitriles is 1. The zero-order chi connectivity index (χ0) is 25.8. The van der Waals surface area contributed by atoms with Gasteiger partial charge < -0.3 is 24.8 Å². The van der Waals surface area contributed by atoms with Crippen molar-refractivity contribution in [2.75, 3.05) is 13.7 Å². The Balaban J connectivity index is 1.54. The van der Waals surface area contributed by atoms with Gasteiger partial charge >= 0.3 is 7.12 Å². The van der Waals surface area contributed by atoms with E-state index in [1.807, 2.05) is 60.7 Å². The Bertz CT molecular complexity index is 1140. The number of rotatable bonds is 13. The molecule has 0 aliphatic carbocycles. The van der Waals surface area contributed by atoms with Crippen LogP contribution >= 0.6 is 0 Å². The highest BCUT2D eigenvalue weighted by atomic mass is 16.5. The van der Waals surface area contributed by atoms with Crippen LogP contribution in [0.5, 0.6) is 11.5 Å². The Morgan fingerprint density at radius 2 is 1.86 bits per heavy atom. The van der Waals surface area contributed by atoms with Gasteiger partial charge in [0.2, 0.25) is 5.91 Å².